The van der Waals surface area contributed by atoms with Crippen molar-refractivity contribution in [1.29, 1.82) is 0 Å². The molecule has 1 aromatic heterocycles. The fraction of sp³-hybridized carbons (Fsp3) is 0.100. The van der Waals surface area contributed by atoms with E-state index in [2.05, 4.69) is 10.2 Å². The van der Waals surface area contributed by atoms with Gasteiger partial charge in [0.2, 0.25) is 0 Å². The average Bonchev–Trinajstić information content (AvgIpc) is 2.67. The van der Waals surface area contributed by atoms with Crippen molar-refractivity contribution in [3.63, 3.8) is 0 Å². The zero-order valence-corrected chi connectivity index (χ0v) is 9.18. The minimum Gasteiger partial charge on any atom is -0.493 e. The van der Waals surface area contributed by atoms with Gasteiger partial charge in [-0.05, 0) is 12.1 Å². The fourth-order valence-electron chi connectivity index (χ4n) is 1.48. The minimum absolute atomic E-state index is 0.0561. The van der Waals surface area contributed by atoms with Crippen molar-refractivity contribution in [2.45, 2.75) is 0 Å². The summed E-state index contributed by atoms with van der Waals surface area (Å²) in [5.41, 5.74) is 6.57. The van der Waals surface area contributed by atoms with E-state index in [1.165, 1.54) is 25.4 Å². The molecule has 3 N–H and O–H groups in total. The monoisotopic (exact) mass is 241 g/mol. The van der Waals surface area contributed by atoms with Crippen LogP contribution in [0.2, 0.25) is 5.02 Å². The topological polar surface area (TPSA) is 63.9 Å². The van der Waals surface area contributed by atoms with Crippen molar-refractivity contribution in [3.05, 3.63) is 29.2 Å². The molecule has 0 bridgehead atoms. The number of ether oxygens (including phenoxy) is 1. The van der Waals surface area contributed by atoms with Gasteiger partial charge in [-0.15, -0.1) is 0 Å². The van der Waals surface area contributed by atoms with Gasteiger partial charge in [0, 0.05) is 5.56 Å². The molecule has 0 aliphatic carbocycles. The first-order valence-corrected chi connectivity index (χ1v) is 4.84. The molecule has 2 aromatic rings. The minimum atomic E-state index is -0.498. The first-order chi connectivity index (χ1) is 7.65. The van der Waals surface area contributed by atoms with Gasteiger partial charge in [-0.1, -0.05) is 11.6 Å². The Hall–Kier alpha value is -1.75. The number of aromatic nitrogens is 2. The van der Waals surface area contributed by atoms with Gasteiger partial charge in [0.25, 0.3) is 0 Å². The van der Waals surface area contributed by atoms with E-state index < -0.39 is 5.82 Å². The van der Waals surface area contributed by atoms with Crippen molar-refractivity contribution in [2.75, 3.05) is 12.8 Å². The zero-order chi connectivity index (χ0) is 11.7. The Balaban J connectivity index is 2.73. The second-order valence-electron chi connectivity index (χ2n) is 3.13. The Morgan fingerprint density at radius 1 is 1.50 bits per heavy atom. The highest BCUT2D eigenvalue weighted by atomic mass is 35.5. The lowest BCUT2D eigenvalue weighted by molar-refractivity contribution is 0.388. The van der Waals surface area contributed by atoms with E-state index in [-0.39, 0.29) is 5.75 Å². The molecule has 0 unspecified atom stereocenters. The molecule has 0 aliphatic rings. The predicted octanol–water partition coefficient (Wildman–Crippen LogP) is 2.46. The fourth-order valence-corrected chi connectivity index (χ4v) is 1.73. The van der Waals surface area contributed by atoms with Crippen molar-refractivity contribution in [1.82, 2.24) is 10.2 Å². The Kier molecular flexibility index (Phi) is 2.70. The van der Waals surface area contributed by atoms with E-state index in [1.807, 2.05) is 0 Å². The summed E-state index contributed by atoms with van der Waals surface area (Å²) in [4.78, 5) is 0. The van der Waals surface area contributed by atoms with E-state index in [1.54, 1.807) is 0 Å². The third kappa shape index (κ3) is 1.59. The zero-order valence-electron chi connectivity index (χ0n) is 8.42. The maximum Gasteiger partial charge on any atom is 0.165 e. The predicted molar refractivity (Wildman–Crippen MR) is 60.0 cm³/mol. The lowest BCUT2D eigenvalue weighted by atomic mass is 10.1. The number of nitrogen functional groups attached to an aromatic ring is 1. The van der Waals surface area contributed by atoms with Gasteiger partial charge >= 0.3 is 0 Å². The summed E-state index contributed by atoms with van der Waals surface area (Å²) in [7, 11) is 1.37. The number of nitrogens with one attached hydrogen (secondary N) is 1. The number of hydrogen-bond donors (Lipinski definition) is 2. The van der Waals surface area contributed by atoms with Gasteiger partial charge in [-0.3, -0.25) is 5.10 Å². The number of nitrogens with two attached hydrogens (primary N) is 1. The summed E-state index contributed by atoms with van der Waals surface area (Å²) in [6, 6.07) is 2.68. The second-order valence-corrected chi connectivity index (χ2v) is 3.54. The quantitative estimate of drug-likeness (QED) is 0.849. The molecule has 0 saturated heterocycles. The van der Waals surface area contributed by atoms with Crippen LogP contribution >= 0.6 is 11.6 Å². The van der Waals surface area contributed by atoms with Crippen molar-refractivity contribution < 1.29 is 9.13 Å². The van der Waals surface area contributed by atoms with Crippen LogP contribution in [0.1, 0.15) is 0 Å². The number of H-pyrrole nitrogens is 1. The maximum absolute atomic E-state index is 13.5. The molecule has 2 rings (SSSR count). The summed E-state index contributed by atoms with van der Waals surface area (Å²) in [5.74, 6) is -0.131. The number of benzene rings is 1. The highest BCUT2D eigenvalue weighted by Crippen LogP contribution is 2.39. The van der Waals surface area contributed by atoms with Crippen molar-refractivity contribution in [3.8, 4) is 16.9 Å². The smallest absolute Gasteiger partial charge is 0.165 e. The molecule has 0 atom stereocenters. The van der Waals surface area contributed by atoms with Gasteiger partial charge in [0.05, 0.1) is 23.9 Å². The number of nitrogens with zero attached hydrogens (tertiary/aromatic N) is 1. The van der Waals surface area contributed by atoms with Crippen LogP contribution in [-0.2, 0) is 0 Å². The molecule has 0 saturated carbocycles. The normalized spacial score (nSPS) is 10.4. The average molecular weight is 242 g/mol. The van der Waals surface area contributed by atoms with E-state index in [9.17, 15) is 4.39 Å². The highest BCUT2D eigenvalue weighted by Gasteiger charge is 2.18. The summed E-state index contributed by atoms with van der Waals surface area (Å²) in [6.45, 7) is 0. The molecule has 0 fully saturated rings. The summed E-state index contributed by atoms with van der Waals surface area (Å²) in [6.07, 6.45) is 1.47. The van der Waals surface area contributed by atoms with Crippen LogP contribution < -0.4 is 10.5 Å². The van der Waals surface area contributed by atoms with Gasteiger partial charge in [0.15, 0.2) is 11.6 Å². The first-order valence-electron chi connectivity index (χ1n) is 4.46. The largest absolute Gasteiger partial charge is 0.493 e. The molecule has 84 valence electrons. The highest BCUT2D eigenvalue weighted by molar-refractivity contribution is 6.33. The van der Waals surface area contributed by atoms with Gasteiger partial charge in [-0.25, -0.2) is 4.39 Å². The number of rotatable bonds is 2. The summed E-state index contributed by atoms with van der Waals surface area (Å²) < 4.78 is 18.5. The van der Waals surface area contributed by atoms with Crippen LogP contribution in [0.3, 0.4) is 0 Å². The lowest BCUT2D eigenvalue weighted by Gasteiger charge is -2.10. The first kappa shape index (κ1) is 10.8. The lowest BCUT2D eigenvalue weighted by Crippen LogP contribution is -1.95. The van der Waals surface area contributed by atoms with Crippen LogP contribution in [0, 0.1) is 5.82 Å². The van der Waals surface area contributed by atoms with E-state index >= 15 is 0 Å². The van der Waals surface area contributed by atoms with Gasteiger partial charge < -0.3 is 10.5 Å². The molecule has 16 heavy (non-hydrogen) atoms. The van der Waals surface area contributed by atoms with Crippen LogP contribution in [0.4, 0.5) is 10.2 Å². The molecule has 0 aliphatic heterocycles. The van der Waals surface area contributed by atoms with Crippen LogP contribution in [0.25, 0.3) is 11.1 Å². The van der Waals surface area contributed by atoms with E-state index in [0.717, 1.165) is 0 Å². The van der Waals surface area contributed by atoms with Gasteiger partial charge in [0.1, 0.15) is 5.82 Å². The molecular weight excluding hydrogens is 233 g/mol. The standard InChI is InChI=1S/C10H9ClFN3O/c1-16-9-7(12)3-2-6(11)8(9)5-4-14-15-10(5)13/h2-4H,1H3,(H3,13,14,15). The Morgan fingerprint density at radius 3 is 2.81 bits per heavy atom. The molecule has 0 amide bonds. The van der Waals surface area contributed by atoms with E-state index in [4.69, 9.17) is 22.1 Å². The second kappa shape index (κ2) is 4.02. The molecule has 6 heteroatoms. The van der Waals surface area contributed by atoms with Crippen LogP contribution in [0.5, 0.6) is 5.75 Å². The third-order valence-corrected chi connectivity index (χ3v) is 2.52. The van der Waals surface area contributed by atoms with Gasteiger partial charge in [-0.2, -0.15) is 5.10 Å². The molecule has 1 heterocycles. The molecule has 4 nitrogen and oxygen atoms in total. The van der Waals surface area contributed by atoms with Crippen molar-refractivity contribution in [2.24, 2.45) is 0 Å². The Labute approximate surface area is 96.2 Å². The third-order valence-electron chi connectivity index (χ3n) is 2.20. The Bertz CT molecular complexity index is 527. The van der Waals surface area contributed by atoms with Crippen LogP contribution in [-0.4, -0.2) is 17.3 Å². The number of aromatic amines is 1. The maximum atomic E-state index is 13.5. The summed E-state index contributed by atoms with van der Waals surface area (Å²) in [5, 5.41) is 6.67. The molecule has 1 aromatic carbocycles. The number of methoxy groups -OCH3 is 1. The van der Waals surface area contributed by atoms with E-state index in [0.29, 0.717) is 22.0 Å². The summed E-state index contributed by atoms with van der Waals surface area (Å²) >= 11 is 6.00. The molecular formula is C10H9ClFN3O. The number of anilines is 1. The van der Waals surface area contributed by atoms with Crippen molar-refractivity contribution >= 4 is 17.4 Å². The number of halogens is 2. The molecule has 0 radical (unpaired) electrons. The Morgan fingerprint density at radius 2 is 2.25 bits per heavy atom. The molecule has 0 spiro atoms. The van der Waals surface area contributed by atoms with Crippen LogP contribution in [0.15, 0.2) is 18.3 Å². The SMILES string of the molecule is COc1c(F)ccc(Cl)c1-c1cn[nH]c1N. The number of hydrogen-bond acceptors (Lipinski definition) is 3.